The highest BCUT2D eigenvalue weighted by Gasteiger charge is 2.68. The maximum atomic E-state index is 14.5. The van der Waals surface area contributed by atoms with E-state index in [0.717, 1.165) is 37.6 Å². The first-order chi connectivity index (χ1) is 17.4. The lowest BCUT2D eigenvalue weighted by molar-refractivity contribution is 0.0599. The SMILES string of the molecule is CC(C)CC1NC2(C(=O)c3ccccc3C2=O)C(C(=O)c2nc3ccccc3[nH]2)C1C1CCCCC1. The van der Waals surface area contributed by atoms with E-state index < -0.39 is 11.5 Å². The van der Waals surface area contributed by atoms with Gasteiger partial charge in [0, 0.05) is 17.2 Å². The van der Waals surface area contributed by atoms with Gasteiger partial charge in [-0.2, -0.15) is 0 Å². The van der Waals surface area contributed by atoms with Crippen molar-refractivity contribution in [3.8, 4) is 0 Å². The Morgan fingerprint density at radius 2 is 1.61 bits per heavy atom. The van der Waals surface area contributed by atoms with Crippen molar-refractivity contribution in [2.45, 2.75) is 64.0 Å². The maximum absolute atomic E-state index is 14.5. The monoisotopic (exact) mass is 483 g/mol. The number of rotatable bonds is 5. The van der Waals surface area contributed by atoms with Crippen LogP contribution in [0.1, 0.15) is 83.7 Å². The molecule has 6 nitrogen and oxygen atoms in total. The summed E-state index contributed by atoms with van der Waals surface area (Å²) in [5.74, 6) is -0.751. The molecular weight excluding hydrogens is 450 g/mol. The average Bonchev–Trinajstić information content (AvgIpc) is 3.53. The van der Waals surface area contributed by atoms with E-state index in [9.17, 15) is 14.4 Å². The number of hydrogen-bond acceptors (Lipinski definition) is 5. The van der Waals surface area contributed by atoms with Gasteiger partial charge >= 0.3 is 0 Å². The molecule has 186 valence electrons. The molecule has 2 aromatic carbocycles. The van der Waals surface area contributed by atoms with E-state index in [-0.39, 0.29) is 41.1 Å². The normalized spacial score (nSPS) is 25.8. The van der Waals surface area contributed by atoms with E-state index >= 15 is 0 Å². The van der Waals surface area contributed by atoms with Crippen LogP contribution in [0, 0.1) is 23.7 Å². The molecule has 1 spiro atoms. The highest BCUT2D eigenvalue weighted by Crippen LogP contribution is 2.51. The number of aromatic nitrogens is 2. The van der Waals surface area contributed by atoms with Crippen LogP contribution < -0.4 is 5.32 Å². The molecule has 1 aliphatic heterocycles. The van der Waals surface area contributed by atoms with Gasteiger partial charge in [-0.1, -0.05) is 82.3 Å². The molecule has 1 saturated carbocycles. The number of para-hydroxylation sites is 2. The maximum Gasteiger partial charge on any atom is 0.204 e. The summed E-state index contributed by atoms with van der Waals surface area (Å²) >= 11 is 0. The predicted molar refractivity (Wildman–Crippen MR) is 138 cm³/mol. The number of carbonyl (C=O) groups is 3. The molecule has 6 rings (SSSR count). The van der Waals surface area contributed by atoms with Crippen LogP contribution in [-0.2, 0) is 0 Å². The van der Waals surface area contributed by atoms with Gasteiger partial charge < -0.3 is 4.98 Å². The Morgan fingerprint density at radius 1 is 0.972 bits per heavy atom. The summed E-state index contributed by atoms with van der Waals surface area (Å²) < 4.78 is 0. The number of nitrogens with one attached hydrogen (secondary N) is 2. The molecule has 0 amide bonds. The van der Waals surface area contributed by atoms with Crippen LogP contribution >= 0.6 is 0 Å². The number of carbonyl (C=O) groups excluding carboxylic acids is 3. The smallest absolute Gasteiger partial charge is 0.204 e. The number of fused-ring (bicyclic) bond motifs is 2. The minimum atomic E-state index is -1.57. The topological polar surface area (TPSA) is 91.9 Å². The minimum absolute atomic E-state index is 0.0892. The van der Waals surface area contributed by atoms with Crippen LogP contribution in [0.5, 0.6) is 0 Å². The third kappa shape index (κ3) is 3.41. The Balaban J connectivity index is 1.53. The van der Waals surface area contributed by atoms with Crippen molar-refractivity contribution in [3.05, 3.63) is 65.5 Å². The van der Waals surface area contributed by atoms with Crippen LogP contribution in [-0.4, -0.2) is 38.9 Å². The van der Waals surface area contributed by atoms with Crippen LogP contribution in [0.3, 0.4) is 0 Å². The van der Waals surface area contributed by atoms with Crippen molar-refractivity contribution >= 4 is 28.4 Å². The number of benzene rings is 2. The zero-order valence-electron chi connectivity index (χ0n) is 20.9. The van der Waals surface area contributed by atoms with E-state index in [1.165, 1.54) is 6.42 Å². The standard InChI is InChI=1S/C30H33N3O3/c1-17(2)16-23-24(18-10-4-3-5-11-18)25(26(34)29-31-21-14-8-9-15-22(21)32-29)30(33-23)27(35)19-12-6-7-13-20(19)28(30)36/h6-9,12-15,17-18,23-25,33H,3-5,10-11,16H2,1-2H3,(H,31,32). The third-order valence-electron chi connectivity index (χ3n) is 8.69. The molecular formula is C30H33N3O3. The van der Waals surface area contributed by atoms with Crippen LogP contribution in [0.15, 0.2) is 48.5 Å². The average molecular weight is 484 g/mol. The molecule has 2 aliphatic carbocycles. The van der Waals surface area contributed by atoms with E-state index in [1.807, 2.05) is 24.3 Å². The zero-order valence-corrected chi connectivity index (χ0v) is 20.9. The van der Waals surface area contributed by atoms with Crippen LogP contribution in [0.4, 0.5) is 0 Å². The lowest BCUT2D eigenvalue weighted by atomic mass is 9.65. The van der Waals surface area contributed by atoms with Gasteiger partial charge in [0.1, 0.15) is 0 Å². The predicted octanol–water partition coefficient (Wildman–Crippen LogP) is 5.39. The summed E-state index contributed by atoms with van der Waals surface area (Å²) in [4.78, 5) is 50.6. The van der Waals surface area contributed by atoms with Gasteiger partial charge in [0.15, 0.2) is 22.9 Å². The first kappa shape index (κ1) is 23.3. The van der Waals surface area contributed by atoms with Crippen LogP contribution in [0.25, 0.3) is 11.0 Å². The molecule has 0 radical (unpaired) electrons. The number of H-pyrrole nitrogens is 1. The van der Waals surface area contributed by atoms with Crippen molar-refractivity contribution < 1.29 is 14.4 Å². The molecule has 3 aromatic rings. The van der Waals surface area contributed by atoms with Gasteiger partial charge in [0.25, 0.3) is 0 Å². The summed E-state index contributed by atoms with van der Waals surface area (Å²) in [5.41, 5.74) is 0.763. The zero-order chi connectivity index (χ0) is 25.0. The fourth-order valence-electron chi connectivity index (χ4n) is 7.25. The summed E-state index contributed by atoms with van der Waals surface area (Å²) in [5, 5.41) is 3.56. The number of nitrogens with zero attached hydrogens (tertiary/aromatic N) is 1. The highest BCUT2D eigenvalue weighted by atomic mass is 16.2. The number of hydrogen-bond donors (Lipinski definition) is 2. The largest absolute Gasteiger partial charge is 0.335 e. The number of Topliss-reactive ketones (excluding diaryl/α,β-unsaturated/α-hetero) is 3. The van der Waals surface area contributed by atoms with Gasteiger partial charge in [-0.25, -0.2) is 4.98 Å². The summed E-state index contributed by atoms with van der Waals surface area (Å²) in [6, 6.07) is 14.5. The lowest BCUT2D eigenvalue weighted by Crippen LogP contribution is -2.58. The molecule has 3 aliphatic rings. The van der Waals surface area contributed by atoms with E-state index in [4.69, 9.17) is 0 Å². The Kier molecular flexibility index (Phi) is 5.67. The summed E-state index contributed by atoms with van der Waals surface area (Å²) in [7, 11) is 0. The molecule has 2 fully saturated rings. The second-order valence-corrected chi connectivity index (χ2v) is 11.3. The van der Waals surface area contributed by atoms with Gasteiger partial charge in [0.05, 0.1) is 17.0 Å². The van der Waals surface area contributed by atoms with Gasteiger partial charge in [-0.15, -0.1) is 0 Å². The number of ketones is 3. The van der Waals surface area contributed by atoms with Crippen LogP contribution in [0.2, 0.25) is 0 Å². The highest BCUT2D eigenvalue weighted by molar-refractivity contribution is 6.35. The molecule has 6 heteroatoms. The van der Waals surface area contributed by atoms with E-state index in [0.29, 0.717) is 22.6 Å². The molecule has 0 bridgehead atoms. The Hall–Kier alpha value is -3.12. The molecule has 3 unspecified atom stereocenters. The Morgan fingerprint density at radius 3 is 2.25 bits per heavy atom. The van der Waals surface area contributed by atoms with E-state index in [2.05, 4.69) is 29.1 Å². The fraction of sp³-hybridized carbons (Fsp3) is 0.467. The van der Waals surface area contributed by atoms with Gasteiger partial charge in [0.2, 0.25) is 5.78 Å². The molecule has 1 saturated heterocycles. The van der Waals surface area contributed by atoms with Crippen molar-refractivity contribution in [3.63, 3.8) is 0 Å². The Labute approximate surface area is 211 Å². The fourth-order valence-corrected chi connectivity index (χ4v) is 7.25. The molecule has 2 N–H and O–H groups in total. The van der Waals surface area contributed by atoms with Gasteiger partial charge in [-0.05, 0) is 36.3 Å². The summed E-state index contributed by atoms with van der Waals surface area (Å²) in [6.07, 6.45) is 6.30. The van der Waals surface area contributed by atoms with Crippen molar-refractivity contribution in [2.75, 3.05) is 0 Å². The van der Waals surface area contributed by atoms with Crippen molar-refractivity contribution in [1.82, 2.24) is 15.3 Å². The summed E-state index contributed by atoms with van der Waals surface area (Å²) in [6.45, 7) is 4.32. The molecule has 1 aromatic heterocycles. The lowest BCUT2D eigenvalue weighted by Gasteiger charge is -2.35. The second-order valence-electron chi connectivity index (χ2n) is 11.3. The van der Waals surface area contributed by atoms with Crippen molar-refractivity contribution in [2.24, 2.45) is 23.7 Å². The molecule has 3 atom stereocenters. The first-order valence-electron chi connectivity index (χ1n) is 13.4. The second kappa shape index (κ2) is 8.77. The molecule has 36 heavy (non-hydrogen) atoms. The van der Waals surface area contributed by atoms with E-state index in [1.54, 1.807) is 24.3 Å². The quantitative estimate of drug-likeness (QED) is 0.375. The van der Waals surface area contributed by atoms with Crippen molar-refractivity contribution in [1.29, 1.82) is 0 Å². The first-order valence-corrected chi connectivity index (χ1v) is 13.4. The minimum Gasteiger partial charge on any atom is -0.335 e. The third-order valence-corrected chi connectivity index (χ3v) is 8.69. The van der Waals surface area contributed by atoms with Gasteiger partial charge in [-0.3, -0.25) is 19.7 Å². The number of aromatic amines is 1. The number of imidazole rings is 1. The molecule has 2 heterocycles. The Bertz CT molecular complexity index is 1280.